The summed E-state index contributed by atoms with van der Waals surface area (Å²) in [7, 11) is 4.22. The predicted molar refractivity (Wildman–Crippen MR) is 93.6 cm³/mol. The summed E-state index contributed by atoms with van der Waals surface area (Å²) in [6.07, 6.45) is 1.99. The molecule has 2 heterocycles. The van der Waals surface area contributed by atoms with Crippen molar-refractivity contribution < 1.29 is 4.84 Å². The Morgan fingerprint density at radius 3 is 2.57 bits per heavy atom. The van der Waals surface area contributed by atoms with E-state index in [1.54, 1.807) is 0 Å². The summed E-state index contributed by atoms with van der Waals surface area (Å²) >= 11 is 0. The van der Waals surface area contributed by atoms with Gasteiger partial charge in [0.2, 0.25) is 0 Å². The molecule has 1 fully saturated rings. The van der Waals surface area contributed by atoms with Crippen molar-refractivity contribution in [1.29, 1.82) is 0 Å². The first-order chi connectivity index (χ1) is 11.1. The number of hydrogen-bond donors (Lipinski definition) is 0. The van der Waals surface area contributed by atoms with Gasteiger partial charge in [-0.2, -0.15) is 0 Å². The maximum atomic E-state index is 6.52. The first-order valence-corrected chi connectivity index (χ1v) is 8.34. The summed E-state index contributed by atoms with van der Waals surface area (Å²) in [4.78, 5) is 8.73. The summed E-state index contributed by atoms with van der Waals surface area (Å²) in [6.45, 7) is 3.15. The van der Waals surface area contributed by atoms with Crippen LogP contribution in [-0.4, -0.2) is 31.1 Å². The molecule has 2 aromatic carbocycles. The van der Waals surface area contributed by atoms with Crippen molar-refractivity contribution in [3.05, 3.63) is 65.2 Å². The first kappa shape index (κ1) is 14.7. The molecule has 0 radical (unpaired) electrons. The highest BCUT2D eigenvalue weighted by Gasteiger charge is 2.45. The second-order valence-electron chi connectivity index (χ2n) is 7.33. The van der Waals surface area contributed by atoms with Crippen molar-refractivity contribution in [3.63, 3.8) is 0 Å². The zero-order chi connectivity index (χ0) is 16.0. The van der Waals surface area contributed by atoms with Gasteiger partial charge in [0.05, 0.1) is 11.7 Å². The second kappa shape index (κ2) is 5.36. The number of rotatable bonds is 2. The van der Waals surface area contributed by atoms with Crippen molar-refractivity contribution in [1.82, 2.24) is 4.90 Å². The largest absolute Gasteiger partial charge is 0.306 e. The smallest absolute Gasteiger partial charge is 0.108 e. The van der Waals surface area contributed by atoms with Crippen LogP contribution in [0.3, 0.4) is 0 Å². The van der Waals surface area contributed by atoms with Crippen LogP contribution < -0.4 is 5.06 Å². The number of hydroxylamine groups is 1. The summed E-state index contributed by atoms with van der Waals surface area (Å²) in [5, 5.41) is 2.17. The lowest BCUT2D eigenvalue weighted by molar-refractivity contribution is -0.0154. The Morgan fingerprint density at radius 2 is 1.78 bits per heavy atom. The molecule has 3 heteroatoms. The fourth-order valence-corrected chi connectivity index (χ4v) is 4.15. The molecule has 2 aliphatic rings. The van der Waals surface area contributed by atoms with Crippen LogP contribution in [0, 0.1) is 0 Å². The Balaban J connectivity index is 1.82. The zero-order valence-corrected chi connectivity index (χ0v) is 14.1. The molecule has 0 spiro atoms. The van der Waals surface area contributed by atoms with Crippen molar-refractivity contribution in [2.45, 2.75) is 31.4 Å². The van der Waals surface area contributed by atoms with Gasteiger partial charge in [-0.3, -0.25) is 4.84 Å². The quantitative estimate of drug-likeness (QED) is 0.839. The molecule has 0 saturated carbocycles. The molecule has 2 aromatic rings. The highest BCUT2D eigenvalue weighted by atomic mass is 16.7. The van der Waals surface area contributed by atoms with Crippen LogP contribution in [-0.2, 0) is 11.3 Å². The zero-order valence-electron chi connectivity index (χ0n) is 14.1. The first-order valence-electron chi connectivity index (χ1n) is 8.34. The summed E-state index contributed by atoms with van der Waals surface area (Å²) in [5.74, 6) is 0. The van der Waals surface area contributed by atoms with Crippen molar-refractivity contribution >= 4 is 5.69 Å². The fraction of sp³-hybridized carbons (Fsp3) is 0.400. The van der Waals surface area contributed by atoms with E-state index in [0.717, 1.165) is 19.4 Å². The molecule has 120 valence electrons. The lowest BCUT2D eigenvalue weighted by Crippen LogP contribution is -2.38. The second-order valence-corrected chi connectivity index (χ2v) is 7.33. The van der Waals surface area contributed by atoms with Crippen molar-refractivity contribution in [2.24, 2.45) is 0 Å². The molecular weight excluding hydrogens is 284 g/mol. The summed E-state index contributed by atoms with van der Waals surface area (Å²) < 4.78 is 0. The molecular formula is C20H24N2O. The average molecular weight is 308 g/mol. The maximum absolute atomic E-state index is 6.52. The van der Waals surface area contributed by atoms with Gasteiger partial charge in [-0.05, 0) is 50.2 Å². The summed E-state index contributed by atoms with van der Waals surface area (Å²) in [6, 6.07) is 17.8. The van der Waals surface area contributed by atoms with Crippen molar-refractivity contribution in [3.8, 4) is 0 Å². The van der Waals surface area contributed by atoms with E-state index in [-0.39, 0.29) is 5.60 Å². The molecule has 0 amide bonds. The molecule has 1 saturated heterocycles. The molecule has 23 heavy (non-hydrogen) atoms. The third-order valence-corrected chi connectivity index (χ3v) is 4.90. The van der Waals surface area contributed by atoms with Crippen LogP contribution >= 0.6 is 0 Å². The van der Waals surface area contributed by atoms with Gasteiger partial charge < -0.3 is 4.90 Å². The van der Waals surface area contributed by atoms with E-state index in [2.05, 4.69) is 79.5 Å². The average Bonchev–Trinajstić information content (AvgIpc) is 2.78. The van der Waals surface area contributed by atoms with Gasteiger partial charge in [-0.15, -0.1) is 0 Å². The van der Waals surface area contributed by atoms with E-state index in [1.807, 2.05) is 0 Å². The Hall–Kier alpha value is -1.84. The molecule has 0 bridgehead atoms. The van der Waals surface area contributed by atoms with E-state index < -0.39 is 0 Å². The molecule has 0 N–H and O–H groups in total. The normalized spacial score (nSPS) is 25.7. The van der Waals surface area contributed by atoms with Gasteiger partial charge in [-0.25, -0.2) is 5.06 Å². The van der Waals surface area contributed by atoms with Gasteiger partial charge in [0.15, 0.2) is 0 Å². The SMILES string of the molecule is CN(C)C[C@@]1(C)C[C@H]2c3ccccc3Cc3ccccc3N2O1. The van der Waals surface area contributed by atoms with E-state index >= 15 is 0 Å². The molecule has 0 unspecified atom stereocenters. The van der Waals surface area contributed by atoms with Crippen LogP contribution in [0.2, 0.25) is 0 Å². The van der Waals surface area contributed by atoms with Gasteiger partial charge in [0.1, 0.15) is 5.60 Å². The third-order valence-electron chi connectivity index (χ3n) is 4.90. The van der Waals surface area contributed by atoms with Gasteiger partial charge in [0.25, 0.3) is 0 Å². The summed E-state index contributed by atoms with van der Waals surface area (Å²) in [5.41, 5.74) is 5.23. The Kier molecular flexibility index (Phi) is 3.43. The van der Waals surface area contributed by atoms with Gasteiger partial charge >= 0.3 is 0 Å². The number of anilines is 1. The highest BCUT2D eigenvalue weighted by molar-refractivity contribution is 5.59. The van der Waals surface area contributed by atoms with Gasteiger partial charge in [-0.1, -0.05) is 42.5 Å². The number of benzene rings is 2. The topological polar surface area (TPSA) is 15.7 Å². The Morgan fingerprint density at radius 1 is 1.09 bits per heavy atom. The molecule has 0 aliphatic carbocycles. The number of fused-ring (bicyclic) bond motifs is 5. The van der Waals surface area contributed by atoms with Crippen LogP contribution in [0.15, 0.2) is 48.5 Å². The van der Waals surface area contributed by atoms with Crippen molar-refractivity contribution in [2.75, 3.05) is 25.7 Å². The molecule has 2 atom stereocenters. The predicted octanol–water partition coefficient (Wildman–Crippen LogP) is 3.79. The molecule has 0 aromatic heterocycles. The Labute approximate surface area is 138 Å². The molecule has 2 aliphatic heterocycles. The number of likely N-dealkylation sites (N-methyl/N-ethyl adjacent to an activating group) is 1. The molecule has 3 nitrogen and oxygen atoms in total. The monoisotopic (exact) mass is 308 g/mol. The maximum Gasteiger partial charge on any atom is 0.108 e. The van der Waals surface area contributed by atoms with Gasteiger partial charge in [0, 0.05) is 13.0 Å². The minimum Gasteiger partial charge on any atom is -0.306 e. The van der Waals surface area contributed by atoms with E-state index in [4.69, 9.17) is 4.84 Å². The number of nitrogens with zero attached hydrogens (tertiary/aromatic N) is 2. The van der Waals surface area contributed by atoms with Crippen LogP contribution in [0.4, 0.5) is 5.69 Å². The Bertz CT molecular complexity index is 672. The van der Waals surface area contributed by atoms with E-state index in [9.17, 15) is 0 Å². The fourth-order valence-electron chi connectivity index (χ4n) is 4.15. The van der Waals surface area contributed by atoms with E-state index in [1.165, 1.54) is 22.4 Å². The third kappa shape index (κ3) is 2.54. The minimum absolute atomic E-state index is 0.161. The number of para-hydroxylation sites is 1. The minimum atomic E-state index is -0.161. The lowest BCUT2D eigenvalue weighted by Gasteiger charge is -2.29. The standard InChI is InChI=1S/C20H24N2O/c1-20(14-21(2)3)13-19-17-10-6-4-8-15(17)12-16-9-5-7-11-18(16)22(19)23-20/h4-11,19H,12-14H2,1-3H3/t19-,20+/m0/s1. The van der Waals surface area contributed by atoms with Crippen LogP contribution in [0.1, 0.15) is 36.1 Å². The van der Waals surface area contributed by atoms with Crippen LogP contribution in [0.25, 0.3) is 0 Å². The highest BCUT2D eigenvalue weighted by Crippen LogP contribution is 2.47. The van der Waals surface area contributed by atoms with Crippen LogP contribution in [0.5, 0.6) is 0 Å². The molecule has 4 rings (SSSR count). The number of hydrogen-bond acceptors (Lipinski definition) is 3. The lowest BCUT2D eigenvalue weighted by atomic mass is 9.90. The van der Waals surface area contributed by atoms with E-state index in [0.29, 0.717) is 6.04 Å².